The summed E-state index contributed by atoms with van der Waals surface area (Å²) in [6.07, 6.45) is 6.38. The van der Waals surface area contributed by atoms with Crippen molar-refractivity contribution in [3.05, 3.63) is 41.7 Å². The van der Waals surface area contributed by atoms with Gasteiger partial charge in [-0.15, -0.1) is 0 Å². The van der Waals surface area contributed by atoms with Crippen molar-refractivity contribution in [2.24, 2.45) is 0 Å². The normalized spacial score (nSPS) is 13.9. The van der Waals surface area contributed by atoms with Gasteiger partial charge in [-0.2, -0.15) is 0 Å². The molecule has 26 heavy (non-hydrogen) atoms. The van der Waals surface area contributed by atoms with E-state index in [9.17, 15) is 4.79 Å². The van der Waals surface area contributed by atoms with E-state index >= 15 is 0 Å². The minimum absolute atomic E-state index is 0.273. The van der Waals surface area contributed by atoms with Gasteiger partial charge in [-0.1, -0.05) is 50.1 Å². The predicted molar refractivity (Wildman–Crippen MR) is 101 cm³/mol. The summed E-state index contributed by atoms with van der Waals surface area (Å²) >= 11 is 0. The summed E-state index contributed by atoms with van der Waals surface area (Å²) in [5.41, 5.74) is 2.52. The summed E-state index contributed by atoms with van der Waals surface area (Å²) in [7, 11) is 0. The second-order valence-corrected chi connectivity index (χ2v) is 6.66. The van der Waals surface area contributed by atoms with Crippen molar-refractivity contribution in [2.75, 3.05) is 19.8 Å². The molecule has 5 nitrogen and oxygen atoms in total. The number of aromatic nitrogens is 2. The molecule has 0 atom stereocenters. The van der Waals surface area contributed by atoms with Gasteiger partial charge in [0.15, 0.2) is 5.69 Å². The summed E-state index contributed by atoms with van der Waals surface area (Å²) < 4.78 is 13.1. The van der Waals surface area contributed by atoms with Crippen molar-refractivity contribution in [3.8, 4) is 11.4 Å². The molecule has 5 heteroatoms. The Morgan fingerprint density at radius 1 is 1.12 bits per heavy atom. The number of unbranched alkanes of at least 4 members (excludes halogenated alkanes) is 1. The lowest BCUT2D eigenvalue weighted by Gasteiger charge is -2.09. The second-order valence-electron chi connectivity index (χ2n) is 6.66. The standard InChI is InChI=1S/C21H28N2O3/c1-2-3-14-25-15-16-26-21(24)19-18-12-8-5-9-13-23(18)20(22-19)17-10-6-4-7-11-17/h4,6-7,10-11H,2-3,5,8-9,12-16H2,1H3. The average molecular weight is 356 g/mol. The maximum Gasteiger partial charge on any atom is 0.358 e. The molecular formula is C21H28N2O3. The highest BCUT2D eigenvalue weighted by atomic mass is 16.6. The van der Waals surface area contributed by atoms with E-state index in [-0.39, 0.29) is 12.6 Å². The quantitative estimate of drug-likeness (QED) is 0.524. The van der Waals surface area contributed by atoms with Gasteiger partial charge in [0, 0.05) is 18.7 Å². The molecule has 0 bridgehead atoms. The van der Waals surface area contributed by atoms with Crippen molar-refractivity contribution in [1.82, 2.24) is 9.55 Å². The molecular weight excluding hydrogens is 328 g/mol. The molecule has 0 spiro atoms. The largest absolute Gasteiger partial charge is 0.458 e. The molecule has 140 valence electrons. The zero-order valence-electron chi connectivity index (χ0n) is 15.6. The molecule has 2 heterocycles. The van der Waals surface area contributed by atoms with Crippen LogP contribution in [0.3, 0.4) is 0 Å². The summed E-state index contributed by atoms with van der Waals surface area (Å²) in [6, 6.07) is 10.1. The molecule has 3 rings (SSSR count). The topological polar surface area (TPSA) is 53.4 Å². The first-order valence-corrected chi connectivity index (χ1v) is 9.71. The monoisotopic (exact) mass is 356 g/mol. The van der Waals surface area contributed by atoms with E-state index in [0.717, 1.165) is 55.7 Å². The Labute approximate surface area is 155 Å². The van der Waals surface area contributed by atoms with Gasteiger partial charge >= 0.3 is 5.97 Å². The predicted octanol–water partition coefficient (Wildman–Crippen LogP) is 4.25. The van der Waals surface area contributed by atoms with Crippen molar-refractivity contribution in [1.29, 1.82) is 0 Å². The van der Waals surface area contributed by atoms with Crippen LogP contribution in [-0.2, 0) is 22.4 Å². The third-order valence-corrected chi connectivity index (χ3v) is 4.70. The summed E-state index contributed by atoms with van der Waals surface area (Å²) in [6.45, 7) is 4.45. The molecule has 0 saturated carbocycles. The van der Waals surface area contributed by atoms with E-state index in [4.69, 9.17) is 9.47 Å². The highest BCUT2D eigenvalue weighted by molar-refractivity contribution is 5.89. The summed E-state index contributed by atoms with van der Waals surface area (Å²) in [5, 5.41) is 0. The number of carbonyl (C=O) groups excluding carboxylic acids is 1. The van der Waals surface area contributed by atoms with Crippen molar-refractivity contribution < 1.29 is 14.3 Å². The Balaban J connectivity index is 1.74. The number of fused-ring (bicyclic) bond motifs is 1. The van der Waals surface area contributed by atoms with Crippen LogP contribution in [-0.4, -0.2) is 35.3 Å². The zero-order valence-corrected chi connectivity index (χ0v) is 15.6. The number of hydrogen-bond donors (Lipinski definition) is 0. The average Bonchev–Trinajstić information content (AvgIpc) is 2.86. The number of imidazole rings is 1. The Morgan fingerprint density at radius 2 is 1.96 bits per heavy atom. The molecule has 1 aliphatic heterocycles. The Bertz CT molecular complexity index is 710. The first-order valence-electron chi connectivity index (χ1n) is 9.71. The van der Waals surface area contributed by atoms with Gasteiger partial charge in [0.25, 0.3) is 0 Å². The zero-order chi connectivity index (χ0) is 18.2. The lowest BCUT2D eigenvalue weighted by Crippen LogP contribution is -2.14. The fraction of sp³-hybridized carbons (Fsp3) is 0.524. The fourth-order valence-corrected chi connectivity index (χ4v) is 3.30. The first kappa shape index (κ1) is 18.6. The van der Waals surface area contributed by atoms with Crippen LogP contribution in [0.2, 0.25) is 0 Å². The van der Waals surface area contributed by atoms with Crippen LogP contribution in [0.15, 0.2) is 30.3 Å². The number of benzene rings is 1. The third kappa shape index (κ3) is 4.52. The van der Waals surface area contributed by atoms with Crippen LogP contribution in [0.4, 0.5) is 0 Å². The molecule has 0 fully saturated rings. The van der Waals surface area contributed by atoms with E-state index in [1.54, 1.807) is 0 Å². The fourth-order valence-electron chi connectivity index (χ4n) is 3.30. The molecule has 1 aromatic carbocycles. The molecule has 0 unspecified atom stereocenters. The van der Waals surface area contributed by atoms with Gasteiger partial charge in [0.2, 0.25) is 0 Å². The Hall–Kier alpha value is -2.14. The van der Waals surface area contributed by atoms with E-state index in [2.05, 4.69) is 16.5 Å². The Kier molecular flexibility index (Phi) is 6.83. The van der Waals surface area contributed by atoms with Crippen LogP contribution in [0.1, 0.15) is 55.2 Å². The molecule has 0 amide bonds. The van der Waals surface area contributed by atoms with Crippen LogP contribution in [0, 0.1) is 0 Å². The lowest BCUT2D eigenvalue weighted by atomic mass is 10.1. The number of hydrogen-bond acceptors (Lipinski definition) is 4. The van der Waals surface area contributed by atoms with Crippen molar-refractivity contribution >= 4 is 5.97 Å². The van der Waals surface area contributed by atoms with Crippen LogP contribution in [0.5, 0.6) is 0 Å². The van der Waals surface area contributed by atoms with Gasteiger partial charge in [-0.3, -0.25) is 0 Å². The minimum Gasteiger partial charge on any atom is -0.458 e. The molecule has 0 N–H and O–H groups in total. The van der Waals surface area contributed by atoms with Gasteiger partial charge in [0.1, 0.15) is 12.4 Å². The van der Waals surface area contributed by atoms with E-state index < -0.39 is 0 Å². The number of rotatable bonds is 8. The van der Waals surface area contributed by atoms with Gasteiger partial charge < -0.3 is 14.0 Å². The number of esters is 1. The van der Waals surface area contributed by atoms with Gasteiger partial charge in [-0.05, 0) is 25.7 Å². The maximum absolute atomic E-state index is 12.6. The number of nitrogens with zero attached hydrogens (tertiary/aromatic N) is 2. The van der Waals surface area contributed by atoms with Crippen molar-refractivity contribution in [3.63, 3.8) is 0 Å². The van der Waals surface area contributed by atoms with Crippen LogP contribution >= 0.6 is 0 Å². The molecule has 2 aromatic rings. The molecule has 1 aliphatic rings. The summed E-state index contributed by atoms with van der Waals surface area (Å²) in [4.78, 5) is 17.3. The minimum atomic E-state index is -0.336. The highest BCUT2D eigenvalue weighted by Crippen LogP contribution is 2.27. The van der Waals surface area contributed by atoms with Gasteiger partial charge in [0.05, 0.1) is 12.3 Å². The SMILES string of the molecule is CCCCOCCOC(=O)c1nc(-c2ccccc2)n2c1CCCCC2. The Morgan fingerprint density at radius 3 is 2.77 bits per heavy atom. The van der Waals surface area contributed by atoms with Crippen LogP contribution < -0.4 is 0 Å². The van der Waals surface area contributed by atoms with Gasteiger partial charge in [-0.25, -0.2) is 9.78 Å². The third-order valence-electron chi connectivity index (χ3n) is 4.70. The molecule has 0 aliphatic carbocycles. The van der Waals surface area contributed by atoms with E-state index in [1.807, 2.05) is 30.3 Å². The molecule has 0 radical (unpaired) electrons. The smallest absolute Gasteiger partial charge is 0.358 e. The first-order chi connectivity index (χ1) is 12.8. The van der Waals surface area contributed by atoms with E-state index in [1.165, 1.54) is 6.42 Å². The van der Waals surface area contributed by atoms with E-state index in [0.29, 0.717) is 18.9 Å². The van der Waals surface area contributed by atoms with Crippen LogP contribution in [0.25, 0.3) is 11.4 Å². The molecule has 1 aromatic heterocycles. The number of ether oxygens (including phenoxy) is 2. The number of carbonyl (C=O) groups is 1. The maximum atomic E-state index is 12.6. The lowest BCUT2D eigenvalue weighted by molar-refractivity contribution is 0.0307. The second kappa shape index (κ2) is 9.53. The van der Waals surface area contributed by atoms with Crippen molar-refractivity contribution in [2.45, 2.75) is 52.0 Å². The highest BCUT2D eigenvalue weighted by Gasteiger charge is 2.25. The summed E-state index contributed by atoms with van der Waals surface area (Å²) in [5.74, 6) is 0.533. The molecule has 0 saturated heterocycles.